The summed E-state index contributed by atoms with van der Waals surface area (Å²) in [4.78, 5) is 23.0. The molecule has 0 spiro atoms. The van der Waals surface area contributed by atoms with Crippen LogP contribution >= 0.6 is 0 Å². The summed E-state index contributed by atoms with van der Waals surface area (Å²) < 4.78 is 6.00. The minimum absolute atomic E-state index is 0.142. The Kier molecular flexibility index (Phi) is 3.75. The number of carbonyl (C=O) groups excluding carboxylic acids is 1. The van der Waals surface area contributed by atoms with Crippen LogP contribution in [0, 0.1) is 6.92 Å². The maximum atomic E-state index is 11.7. The van der Waals surface area contributed by atoms with E-state index in [4.69, 9.17) is 0 Å². The molecule has 0 saturated heterocycles. The summed E-state index contributed by atoms with van der Waals surface area (Å²) in [7, 11) is 1.34. The Labute approximate surface area is 110 Å². The SMILES string of the molecule is COC(=O)c1ccc(Cn2ncc(C)cc2=O)cc1. The van der Waals surface area contributed by atoms with Crippen LogP contribution in [-0.4, -0.2) is 22.9 Å². The summed E-state index contributed by atoms with van der Waals surface area (Å²) in [5, 5.41) is 4.06. The standard InChI is InChI=1S/C14H14N2O3/c1-10-7-13(17)16(15-8-10)9-11-3-5-12(6-4-11)14(18)19-2/h3-8H,9H2,1-2H3. The minimum Gasteiger partial charge on any atom is -0.465 e. The number of nitrogens with zero attached hydrogens (tertiary/aromatic N) is 2. The molecule has 5 heteroatoms. The molecule has 2 aromatic rings. The first kappa shape index (κ1) is 13.0. The zero-order chi connectivity index (χ0) is 13.8. The second-order valence-corrected chi connectivity index (χ2v) is 4.22. The van der Waals surface area contributed by atoms with Gasteiger partial charge in [0.15, 0.2) is 0 Å². The highest BCUT2D eigenvalue weighted by molar-refractivity contribution is 5.89. The number of ether oxygens (including phenoxy) is 1. The lowest BCUT2D eigenvalue weighted by Gasteiger charge is -2.05. The van der Waals surface area contributed by atoms with Crippen LogP contribution in [0.5, 0.6) is 0 Å². The fraction of sp³-hybridized carbons (Fsp3) is 0.214. The molecule has 0 bridgehead atoms. The van der Waals surface area contributed by atoms with E-state index in [0.717, 1.165) is 11.1 Å². The number of hydrogen-bond donors (Lipinski definition) is 0. The van der Waals surface area contributed by atoms with Crippen molar-refractivity contribution < 1.29 is 9.53 Å². The molecule has 0 unspecified atom stereocenters. The number of hydrogen-bond acceptors (Lipinski definition) is 4. The van der Waals surface area contributed by atoms with E-state index in [-0.39, 0.29) is 11.5 Å². The lowest BCUT2D eigenvalue weighted by molar-refractivity contribution is 0.0600. The molecule has 0 N–H and O–H groups in total. The van der Waals surface area contributed by atoms with E-state index in [0.29, 0.717) is 12.1 Å². The Morgan fingerprint density at radius 3 is 2.58 bits per heavy atom. The quantitative estimate of drug-likeness (QED) is 0.780. The van der Waals surface area contributed by atoms with Gasteiger partial charge < -0.3 is 4.74 Å². The molecule has 2 rings (SSSR count). The van der Waals surface area contributed by atoms with E-state index in [2.05, 4.69) is 9.84 Å². The first-order valence-electron chi connectivity index (χ1n) is 5.81. The molecule has 1 aromatic heterocycles. The van der Waals surface area contributed by atoms with Gasteiger partial charge in [-0.25, -0.2) is 9.48 Å². The van der Waals surface area contributed by atoms with Gasteiger partial charge in [-0.3, -0.25) is 4.79 Å². The molecule has 0 radical (unpaired) electrons. The second-order valence-electron chi connectivity index (χ2n) is 4.22. The summed E-state index contributed by atoms with van der Waals surface area (Å²) in [6.45, 7) is 2.20. The van der Waals surface area contributed by atoms with Crippen LogP contribution < -0.4 is 5.56 Å². The van der Waals surface area contributed by atoms with Crippen LogP contribution in [-0.2, 0) is 11.3 Å². The summed E-state index contributed by atoms with van der Waals surface area (Å²) in [6.07, 6.45) is 1.64. The smallest absolute Gasteiger partial charge is 0.337 e. The zero-order valence-corrected chi connectivity index (χ0v) is 10.8. The maximum Gasteiger partial charge on any atom is 0.337 e. The van der Waals surface area contributed by atoms with Crippen LogP contribution in [0.15, 0.2) is 41.3 Å². The van der Waals surface area contributed by atoms with E-state index < -0.39 is 0 Å². The fourth-order valence-electron chi connectivity index (χ4n) is 1.68. The Morgan fingerprint density at radius 1 is 1.32 bits per heavy atom. The number of methoxy groups -OCH3 is 1. The Balaban J connectivity index is 2.20. The van der Waals surface area contributed by atoms with Gasteiger partial charge in [0.1, 0.15) is 0 Å². The first-order valence-corrected chi connectivity index (χ1v) is 5.81. The maximum absolute atomic E-state index is 11.7. The van der Waals surface area contributed by atoms with Crippen LogP contribution in [0.2, 0.25) is 0 Å². The van der Waals surface area contributed by atoms with E-state index in [1.807, 2.05) is 6.92 Å². The number of benzene rings is 1. The third-order valence-electron chi connectivity index (χ3n) is 2.71. The number of aromatic nitrogens is 2. The summed E-state index contributed by atoms with van der Waals surface area (Å²) in [5.74, 6) is -0.378. The molecule has 5 nitrogen and oxygen atoms in total. The van der Waals surface area contributed by atoms with Gasteiger partial charge in [0.05, 0.1) is 25.4 Å². The van der Waals surface area contributed by atoms with Gasteiger partial charge in [-0.2, -0.15) is 5.10 Å². The predicted octanol–water partition coefficient (Wildman–Crippen LogP) is 1.39. The number of carbonyl (C=O) groups is 1. The van der Waals surface area contributed by atoms with Gasteiger partial charge in [-0.1, -0.05) is 12.1 Å². The van der Waals surface area contributed by atoms with Crippen molar-refractivity contribution in [2.45, 2.75) is 13.5 Å². The molecule has 1 heterocycles. The number of esters is 1. The monoisotopic (exact) mass is 258 g/mol. The summed E-state index contributed by atoms with van der Waals surface area (Å²) >= 11 is 0. The highest BCUT2D eigenvalue weighted by atomic mass is 16.5. The van der Waals surface area contributed by atoms with Gasteiger partial charge in [0.25, 0.3) is 5.56 Å². The van der Waals surface area contributed by atoms with Crippen molar-refractivity contribution in [2.24, 2.45) is 0 Å². The van der Waals surface area contributed by atoms with Crippen molar-refractivity contribution in [3.63, 3.8) is 0 Å². The zero-order valence-electron chi connectivity index (χ0n) is 10.8. The predicted molar refractivity (Wildman–Crippen MR) is 70.1 cm³/mol. The van der Waals surface area contributed by atoms with Crippen LogP contribution in [0.4, 0.5) is 0 Å². The highest BCUT2D eigenvalue weighted by Crippen LogP contribution is 2.06. The van der Waals surface area contributed by atoms with E-state index in [9.17, 15) is 9.59 Å². The topological polar surface area (TPSA) is 61.2 Å². The summed E-state index contributed by atoms with van der Waals surface area (Å²) in [6, 6.07) is 8.43. The molecule has 19 heavy (non-hydrogen) atoms. The van der Waals surface area contributed by atoms with Crippen LogP contribution in [0.1, 0.15) is 21.5 Å². The van der Waals surface area contributed by atoms with Crippen molar-refractivity contribution in [2.75, 3.05) is 7.11 Å². The third-order valence-corrected chi connectivity index (χ3v) is 2.71. The van der Waals surface area contributed by atoms with Gasteiger partial charge in [0.2, 0.25) is 0 Å². The van der Waals surface area contributed by atoms with Gasteiger partial charge in [-0.15, -0.1) is 0 Å². The molecule has 0 amide bonds. The Morgan fingerprint density at radius 2 is 2.00 bits per heavy atom. The average Bonchev–Trinajstić information content (AvgIpc) is 2.42. The van der Waals surface area contributed by atoms with E-state index >= 15 is 0 Å². The summed E-state index contributed by atoms with van der Waals surface area (Å²) in [5.41, 5.74) is 2.07. The van der Waals surface area contributed by atoms with Gasteiger partial charge >= 0.3 is 5.97 Å². The molecular weight excluding hydrogens is 244 g/mol. The van der Waals surface area contributed by atoms with E-state index in [1.54, 1.807) is 30.5 Å². The molecule has 0 aliphatic carbocycles. The average molecular weight is 258 g/mol. The molecule has 0 aliphatic heterocycles. The van der Waals surface area contributed by atoms with Gasteiger partial charge in [-0.05, 0) is 30.2 Å². The normalized spacial score (nSPS) is 10.2. The van der Waals surface area contributed by atoms with E-state index in [1.165, 1.54) is 17.9 Å². The third kappa shape index (κ3) is 3.07. The first-order chi connectivity index (χ1) is 9.10. The molecular formula is C14H14N2O3. The van der Waals surface area contributed by atoms with Crippen molar-refractivity contribution in [3.8, 4) is 0 Å². The molecule has 0 aliphatic rings. The largest absolute Gasteiger partial charge is 0.465 e. The number of aryl methyl sites for hydroxylation is 1. The molecule has 0 saturated carbocycles. The highest BCUT2D eigenvalue weighted by Gasteiger charge is 2.05. The second kappa shape index (κ2) is 5.48. The fourth-order valence-corrected chi connectivity index (χ4v) is 1.68. The number of rotatable bonds is 3. The van der Waals surface area contributed by atoms with Crippen molar-refractivity contribution in [1.29, 1.82) is 0 Å². The van der Waals surface area contributed by atoms with Crippen molar-refractivity contribution in [3.05, 3.63) is 63.6 Å². The van der Waals surface area contributed by atoms with Crippen molar-refractivity contribution in [1.82, 2.24) is 9.78 Å². The molecule has 0 fully saturated rings. The lowest BCUT2D eigenvalue weighted by Crippen LogP contribution is -2.22. The van der Waals surface area contributed by atoms with Gasteiger partial charge in [0, 0.05) is 6.07 Å². The molecule has 98 valence electrons. The minimum atomic E-state index is -0.378. The van der Waals surface area contributed by atoms with Crippen LogP contribution in [0.3, 0.4) is 0 Å². The van der Waals surface area contributed by atoms with Crippen LogP contribution in [0.25, 0.3) is 0 Å². The molecule has 0 atom stereocenters. The Hall–Kier alpha value is -2.43. The lowest BCUT2D eigenvalue weighted by atomic mass is 10.1. The Bertz CT molecular complexity index is 644. The molecule has 1 aromatic carbocycles. The van der Waals surface area contributed by atoms with Crippen molar-refractivity contribution >= 4 is 5.97 Å².